The third-order valence-corrected chi connectivity index (χ3v) is 7.76. The Bertz CT molecular complexity index is 877. The van der Waals surface area contributed by atoms with Gasteiger partial charge in [-0.25, -0.2) is 0 Å². The summed E-state index contributed by atoms with van der Waals surface area (Å²) in [6.45, 7) is 4.54. The van der Waals surface area contributed by atoms with Gasteiger partial charge in [0.2, 0.25) is 0 Å². The van der Waals surface area contributed by atoms with Crippen LogP contribution in [0.5, 0.6) is 5.75 Å². The quantitative estimate of drug-likeness (QED) is 0.823. The SMILES string of the molecule is CC12CCCN(CC3CC3)C(Cc3ccc(O)cc31)C2NC(=O)c1ccsc1. The minimum absolute atomic E-state index is 0.0272. The van der Waals surface area contributed by atoms with Gasteiger partial charge in [-0.05, 0) is 79.3 Å². The number of benzene rings is 1. The fraction of sp³-hybridized carbons (Fsp3) is 0.522. The number of thiophene rings is 1. The van der Waals surface area contributed by atoms with E-state index in [0.29, 0.717) is 11.8 Å². The van der Waals surface area contributed by atoms with E-state index in [1.807, 2.05) is 29.0 Å². The van der Waals surface area contributed by atoms with Crippen molar-refractivity contribution in [3.05, 3.63) is 51.7 Å². The minimum atomic E-state index is -0.166. The Morgan fingerprint density at radius 3 is 2.96 bits per heavy atom. The first-order chi connectivity index (χ1) is 13.5. The van der Waals surface area contributed by atoms with Crippen LogP contribution >= 0.6 is 11.3 Å². The lowest BCUT2D eigenvalue weighted by Crippen LogP contribution is -2.62. The van der Waals surface area contributed by atoms with Crippen molar-refractivity contribution < 1.29 is 9.90 Å². The second-order valence-electron chi connectivity index (χ2n) is 9.04. The van der Waals surface area contributed by atoms with Crippen LogP contribution in [0.2, 0.25) is 0 Å². The van der Waals surface area contributed by atoms with E-state index in [1.165, 1.54) is 24.0 Å². The minimum Gasteiger partial charge on any atom is -0.508 e. The van der Waals surface area contributed by atoms with Crippen molar-refractivity contribution in [2.24, 2.45) is 5.92 Å². The topological polar surface area (TPSA) is 52.6 Å². The van der Waals surface area contributed by atoms with Crippen LogP contribution in [-0.2, 0) is 11.8 Å². The van der Waals surface area contributed by atoms with Gasteiger partial charge in [-0.15, -0.1) is 0 Å². The maximum Gasteiger partial charge on any atom is 0.252 e. The zero-order chi connectivity index (χ0) is 19.3. The molecule has 4 nitrogen and oxygen atoms in total. The van der Waals surface area contributed by atoms with Gasteiger partial charge in [-0.3, -0.25) is 9.69 Å². The standard InChI is InChI=1S/C23H28N2O2S/c1-23-8-2-9-25(13-15-3-4-15)20(11-16-5-6-18(26)12-19(16)23)21(23)24-22(27)17-7-10-28-14-17/h5-7,10,12,14-15,20-21,26H,2-4,8-9,11,13H2,1H3,(H,24,27). The molecular formula is C23H28N2O2S. The van der Waals surface area contributed by atoms with Crippen molar-refractivity contribution in [3.8, 4) is 5.75 Å². The highest BCUT2D eigenvalue weighted by molar-refractivity contribution is 7.08. The molecule has 1 aliphatic heterocycles. The Labute approximate surface area is 170 Å². The second-order valence-corrected chi connectivity index (χ2v) is 9.82. The Morgan fingerprint density at radius 2 is 2.21 bits per heavy atom. The first kappa shape index (κ1) is 18.2. The number of hydrogen-bond acceptors (Lipinski definition) is 4. The largest absolute Gasteiger partial charge is 0.508 e. The Hall–Kier alpha value is -1.85. The molecule has 5 heteroatoms. The van der Waals surface area contributed by atoms with Crippen molar-refractivity contribution >= 4 is 17.2 Å². The van der Waals surface area contributed by atoms with Crippen LogP contribution in [0.4, 0.5) is 0 Å². The summed E-state index contributed by atoms with van der Waals surface area (Å²) in [5.74, 6) is 1.18. The van der Waals surface area contributed by atoms with E-state index in [0.717, 1.165) is 43.8 Å². The van der Waals surface area contributed by atoms with E-state index < -0.39 is 0 Å². The van der Waals surface area contributed by atoms with Crippen molar-refractivity contribution in [2.75, 3.05) is 13.1 Å². The zero-order valence-corrected chi connectivity index (χ0v) is 17.2. The number of aromatic hydroxyl groups is 1. The van der Waals surface area contributed by atoms with Gasteiger partial charge >= 0.3 is 0 Å². The summed E-state index contributed by atoms with van der Waals surface area (Å²) in [5, 5.41) is 17.5. The fourth-order valence-electron chi connectivity index (χ4n) is 5.39. The van der Waals surface area contributed by atoms with Crippen LogP contribution in [0.1, 0.15) is 54.1 Å². The van der Waals surface area contributed by atoms with Gasteiger partial charge in [-0.1, -0.05) is 13.0 Å². The van der Waals surface area contributed by atoms with Crippen molar-refractivity contribution in [3.63, 3.8) is 0 Å². The molecular weight excluding hydrogens is 368 g/mol. The molecule has 2 aromatic rings. The predicted molar refractivity (Wildman–Crippen MR) is 112 cm³/mol. The highest BCUT2D eigenvalue weighted by Crippen LogP contribution is 2.46. The lowest BCUT2D eigenvalue weighted by molar-refractivity contribution is 0.0818. The van der Waals surface area contributed by atoms with Crippen LogP contribution in [0, 0.1) is 5.92 Å². The number of carbonyl (C=O) groups is 1. The number of phenols is 1. The summed E-state index contributed by atoms with van der Waals surface area (Å²) >= 11 is 1.56. The maximum absolute atomic E-state index is 13.0. The summed E-state index contributed by atoms with van der Waals surface area (Å²) in [7, 11) is 0. The molecule has 1 saturated heterocycles. The maximum atomic E-state index is 13.0. The summed E-state index contributed by atoms with van der Waals surface area (Å²) < 4.78 is 0. The lowest BCUT2D eigenvalue weighted by atomic mass is 9.64. The summed E-state index contributed by atoms with van der Waals surface area (Å²) in [5.41, 5.74) is 3.13. The average Bonchev–Trinajstić information content (AvgIpc) is 3.33. The normalized spacial score (nSPS) is 29.8. The Kier molecular flexibility index (Phi) is 4.48. The molecule has 2 bridgehead atoms. The molecule has 0 spiro atoms. The molecule has 1 aromatic heterocycles. The van der Waals surface area contributed by atoms with Gasteiger partial charge in [0.25, 0.3) is 5.91 Å². The van der Waals surface area contributed by atoms with Gasteiger partial charge in [0, 0.05) is 28.9 Å². The zero-order valence-electron chi connectivity index (χ0n) is 16.4. The average molecular weight is 397 g/mol. The number of hydrogen-bond donors (Lipinski definition) is 2. The summed E-state index contributed by atoms with van der Waals surface area (Å²) in [4.78, 5) is 15.7. The van der Waals surface area contributed by atoms with E-state index in [2.05, 4.69) is 23.2 Å². The lowest BCUT2D eigenvalue weighted by Gasteiger charge is -2.48. The Morgan fingerprint density at radius 1 is 1.36 bits per heavy atom. The smallest absolute Gasteiger partial charge is 0.252 e. The first-order valence-electron chi connectivity index (χ1n) is 10.4. The van der Waals surface area contributed by atoms with E-state index in [9.17, 15) is 9.90 Å². The second kappa shape index (κ2) is 6.89. The number of rotatable bonds is 4. The van der Waals surface area contributed by atoms with Crippen LogP contribution in [-0.4, -0.2) is 41.1 Å². The molecule has 0 radical (unpaired) electrons. The van der Waals surface area contributed by atoms with Crippen molar-refractivity contribution in [1.29, 1.82) is 0 Å². The van der Waals surface area contributed by atoms with Gasteiger partial charge in [-0.2, -0.15) is 11.3 Å². The molecule has 3 unspecified atom stereocenters. The highest BCUT2D eigenvalue weighted by atomic mass is 32.1. The van der Waals surface area contributed by atoms with Crippen molar-refractivity contribution in [1.82, 2.24) is 10.2 Å². The molecule has 148 valence electrons. The third-order valence-electron chi connectivity index (χ3n) is 7.08. The molecule has 1 saturated carbocycles. The van der Waals surface area contributed by atoms with E-state index in [4.69, 9.17) is 0 Å². The van der Waals surface area contributed by atoms with Gasteiger partial charge in [0.15, 0.2) is 0 Å². The van der Waals surface area contributed by atoms with Crippen molar-refractivity contribution in [2.45, 2.75) is 56.5 Å². The molecule has 2 aliphatic carbocycles. The fourth-order valence-corrected chi connectivity index (χ4v) is 6.02. The summed E-state index contributed by atoms with van der Waals surface area (Å²) in [6, 6.07) is 8.10. The number of carbonyl (C=O) groups excluding carboxylic acids is 1. The van der Waals surface area contributed by atoms with E-state index in [1.54, 1.807) is 11.3 Å². The van der Waals surface area contributed by atoms with Crippen LogP contribution in [0.25, 0.3) is 0 Å². The predicted octanol–water partition coefficient (Wildman–Crippen LogP) is 3.94. The Balaban J connectivity index is 1.55. The van der Waals surface area contributed by atoms with Gasteiger partial charge < -0.3 is 10.4 Å². The first-order valence-corrected chi connectivity index (χ1v) is 11.4. The molecule has 2 N–H and O–H groups in total. The molecule has 2 heterocycles. The van der Waals surface area contributed by atoms with E-state index in [-0.39, 0.29) is 17.4 Å². The molecule has 28 heavy (non-hydrogen) atoms. The molecule has 3 aliphatic rings. The number of amides is 1. The number of likely N-dealkylation sites (tertiary alicyclic amines) is 1. The molecule has 2 fully saturated rings. The number of nitrogens with one attached hydrogen (secondary N) is 1. The number of fused-ring (bicyclic) bond motifs is 4. The number of phenolic OH excluding ortho intramolecular Hbond substituents is 1. The van der Waals surface area contributed by atoms with Crippen LogP contribution in [0.3, 0.4) is 0 Å². The van der Waals surface area contributed by atoms with Gasteiger partial charge in [0.05, 0.1) is 6.04 Å². The monoisotopic (exact) mass is 396 g/mol. The van der Waals surface area contributed by atoms with Crippen LogP contribution < -0.4 is 5.32 Å². The molecule has 3 atom stereocenters. The number of nitrogens with zero attached hydrogens (tertiary/aromatic N) is 1. The van der Waals surface area contributed by atoms with Crippen LogP contribution in [0.15, 0.2) is 35.0 Å². The molecule has 1 aromatic carbocycles. The van der Waals surface area contributed by atoms with Gasteiger partial charge in [0.1, 0.15) is 5.75 Å². The highest BCUT2D eigenvalue weighted by Gasteiger charge is 2.50. The summed E-state index contributed by atoms with van der Waals surface area (Å²) in [6.07, 6.45) is 5.77. The molecule has 5 rings (SSSR count). The third kappa shape index (κ3) is 3.15. The van der Waals surface area contributed by atoms with E-state index >= 15 is 0 Å². The molecule has 1 amide bonds.